The maximum absolute atomic E-state index is 11.6. The molecule has 5 nitrogen and oxygen atoms in total. The van der Waals surface area contributed by atoms with E-state index in [1.165, 1.54) is 0 Å². The molecule has 0 spiro atoms. The van der Waals surface area contributed by atoms with E-state index >= 15 is 0 Å². The predicted molar refractivity (Wildman–Crippen MR) is 78.6 cm³/mol. The Labute approximate surface area is 121 Å². The van der Waals surface area contributed by atoms with Gasteiger partial charge in [-0.3, -0.25) is 9.59 Å². The maximum atomic E-state index is 11.6. The van der Waals surface area contributed by atoms with Crippen molar-refractivity contribution in [2.24, 2.45) is 0 Å². The van der Waals surface area contributed by atoms with E-state index in [2.05, 4.69) is 11.4 Å². The smallest absolute Gasteiger partial charge is 0.296 e. The summed E-state index contributed by atoms with van der Waals surface area (Å²) in [5, 5.41) is 11.5. The molecule has 0 saturated carbocycles. The lowest BCUT2D eigenvalue weighted by Crippen LogP contribution is -2.12. The van der Waals surface area contributed by atoms with Crippen LogP contribution >= 0.6 is 0 Å². The molecule has 1 amide bonds. The third kappa shape index (κ3) is 2.13. The Morgan fingerprint density at radius 1 is 1.10 bits per heavy atom. The number of carbonyl (C=O) groups excluding carboxylic acids is 2. The lowest BCUT2D eigenvalue weighted by atomic mass is 10.1. The fourth-order valence-electron chi connectivity index (χ4n) is 2.28. The van der Waals surface area contributed by atoms with Gasteiger partial charge in [0.05, 0.1) is 22.9 Å². The van der Waals surface area contributed by atoms with Crippen LogP contribution in [0.1, 0.15) is 15.9 Å². The van der Waals surface area contributed by atoms with Gasteiger partial charge in [-0.1, -0.05) is 6.07 Å². The molecular formula is C16H11N3O2. The van der Waals surface area contributed by atoms with E-state index in [-0.39, 0.29) is 0 Å². The molecule has 0 radical (unpaired) electrons. The average Bonchev–Trinajstić information content (AvgIpc) is 2.81. The van der Waals surface area contributed by atoms with E-state index in [0.29, 0.717) is 16.8 Å². The van der Waals surface area contributed by atoms with Crippen LogP contribution in [-0.4, -0.2) is 18.7 Å². The summed E-state index contributed by atoms with van der Waals surface area (Å²) in [7, 11) is 1.86. The molecule has 1 aliphatic heterocycles. The Morgan fingerprint density at radius 3 is 2.62 bits per heavy atom. The van der Waals surface area contributed by atoms with Crippen molar-refractivity contribution >= 4 is 28.8 Å². The molecule has 1 heterocycles. The highest BCUT2D eigenvalue weighted by Crippen LogP contribution is 2.31. The Morgan fingerprint density at radius 2 is 1.86 bits per heavy atom. The normalized spacial score (nSPS) is 12.6. The number of nitrogens with one attached hydrogen (secondary N) is 1. The van der Waals surface area contributed by atoms with E-state index in [4.69, 9.17) is 5.26 Å². The number of ketones is 1. The number of nitrogens with zero attached hydrogens (tertiary/aromatic N) is 2. The van der Waals surface area contributed by atoms with Crippen molar-refractivity contribution in [2.75, 3.05) is 17.3 Å². The minimum atomic E-state index is -0.601. The van der Waals surface area contributed by atoms with E-state index in [9.17, 15) is 9.59 Å². The van der Waals surface area contributed by atoms with Gasteiger partial charge in [0.15, 0.2) is 0 Å². The first-order valence-corrected chi connectivity index (χ1v) is 6.34. The molecule has 0 atom stereocenters. The average molecular weight is 277 g/mol. The Balaban J connectivity index is 1.98. The second-order valence-corrected chi connectivity index (χ2v) is 4.73. The lowest BCUT2D eigenvalue weighted by molar-refractivity contribution is -0.112. The van der Waals surface area contributed by atoms with Crippen LogP contribution < -0.4 is 10.2 Å². The van der Waals surface area contributed by atoms with E-state index < -0.39 is 11.7 Å². The largest absolute Gasteiger partial charge is 0.345 e. The number of anilines is 3. The maximum Gasteiger partial charge on any atom is 0.296 e. The van der Waals surface area contributed by atoms with Gasteiger partial charge in [0.2, 0.25) is 0 Å². The summed E-state index contributed by atoms with van der Waals surface area (Å²) in [6.07, 6.45) is 0. The molecule has 102 valence electrons. The van der Waals surface area contributed by atoms with Crippen LogP contribution in [0.2, 0.25) is 0 Å². The van der Waals surface area contributed by atoms with Crippen molar-refractivity contribution in [3.63, 3.8) is 0 Å². The van der Waals surface area contributed by atoms with Crippen molar-refractivity contribution in [1.82, 2.24) is 0 Å². The number of carbonyl (C=O) groups is 2. The molecular weight excluding hydrogens is 266 g/mol. The second-order valence-electron chi connectivity index (χ2n) is 4.73. The lowest BCUT2D eigenvalue weighted by Gasteiger charge is -2.20. The number of rotatable bonds is 2. The van der Waals surface area contributed by atoms with Gasteiger partial charge >= 0.3 is 0 Å². The first kappa shape index (κ1) is 12.9. The van der Waals surface area contributed by atoms with Gasteiger partial charge < -0.3 is 10.2 Å². The van der Waals surface area contributed by atoms with Gasteiger partial charge in [-0.25, -0.2) is 0 Å². The summed E-state index contributed by atoms with van der Waals surface area (Å²) in [6, 6.07) is 14.5. The molecule has 0 aliphatic carbocycles. The summed E-state index contributed by atoms with van der Waals surface area (Å²) < 4.78 is 0. The summed E-state index contributed by atoms with van der Waals surface area (Å²) in [5.41, 5.74) is 3.15. The topological polar surface area (TPSA) is 73.2 Å². The quantitative estimate of drug-likeness (QED) is 0.856. The molecule has 1 N–H and O–H groups in total. The number of nitriles is 1. The van der Waals surface area contributed by atoms with Crippen molar-refractivity contribution in [3.05, 3.63) is 53.6 Å². The summed E-state index contributed by atoms with van der Waals surface area (Å²) in [6.45, 7) is 0. The van der Waals surface area contributed by atoms with E-state index in [1.807, 2.05) is 24.1 Å². The monoisotopic (exact) mass is 277 g/mol. The third-order valence-corrected chi connectivity index (χ3v) is 3.45. The van der Waals surface area contributed by atoms with E-state index in [0.717, 1.165) is 11.4 Å². The van der Waals surface area contributed by atoms with Crippen LogP contribution in [0.5, 0.6) is 0 Å². The Hall–Kier alpha value is -3.13. The minimum Gasteiger partial charge on any atom is -0.345 e. The number of Topliss-reactive ketones (excluding diaryl/α,β-unsaturated/α-hetero) is 1. The summed E-state index contributed by atoms with van der Waals surface area (Å²) in [5.74, 6) is -1.11. The predicted octanol–water partition coefficient (Wildman–Crippen LogP) is 2.46. The summed E-state index contributed by atoms with van der Waals surface area (Å²) in [4.78, 5) is 24.8. The summed E-state index contributed by atoms with van der Waals surface area (Å²) >= 11 is 0. The van der Waals surface area contributed by atoms with Gasteiger partial charge in [0, 0.05) is 18.4 Å². The van der Waals surface area contributed by atoms with Gasteiger partial charge in [0.1, 0.15) is 0 Å². The van der Waals surface area contributed by atoms with Crippen LogP contribution in [0, 0.1) is 11.3 Å². The molecule has 2 aromatic carbocycles. The fourth-order valence-corrected chi connectivity index (χ4v) is 2.28. The molecule has 3 rings (SSSR count). The number of fused-ring (bicyclic) bond motifs is 1. The molecule has 0 unspecified atom stereocenters. The molecule has 2 aromatic rings. The van der Waals surface area contributed by atoms with Gasteiger partial charge in [-0.2, -0.15) is 5.26 Å². The highest BCUT2D eigenvalue weighted by molar-refractivity contribution is 6.51. The van der Waals surface area contributed by atoms with Crippen LogP contribution in [0.25, 0.3) is 0 Å². The zero-order valence-corrected chi connectivity index (χ0v) is 11.3. The van der Waals surface area contributed by atoms with Crippen LogP contribution in [0.15, 0.2) is 42.5 Å². The number of hydrogen-bond acceptors (Lipinski definition) is 4. The number of benzene rings is 2. The zero-order valence-electron chi connectivity index (χ0n) is 11.3. The molecule has 21 heavy (non-hydrogen) atoms. The molecule has 0 aromatic heterocycles. The highest BCUT2D eigenvalue weighted by atomic mass is 16.2. The SMILES string of the molecule is CN(c1cccc(C#N)c1)c1ccc2c(c1)NC(=O)C2=O. The molecule has 5 heteroatoms. The zero-order chi connectivity index (χ0) is 15.0. The van der Waals surface area contributed by atoms with Gasteiger partial charge in [-0.05, 0) is 36.4 Å². The van der Waals surface area contributed by atoms with Crippen molar-refractivity contribution in [1.29, 1.82) is 5.26 Å². The van der Waals surface area contributed by atoms with Crippen molar-refractivity contribution in [3.8, 4) is 6.07 Å². The van der Waals surface area contributed by atoms with E-state index in [1.54, 1.807) is 30.3 Å². The molecule has 0 saturated heterocycles. The number of amides is 1. The van der Waals surface area contributed by atoms with Crippen LogP contribution in [0.4, 0.5) is 17.1 Å². The number of hydrogen-bond donors (Lipinski definition) is 1. The third-order valence-electron chi connectivity index (χ3n) is 3.45. The minimum absolute atomic E-state index is 0.392. The Bertz CT molecular complexity index is 805. The second kappa shape index (κ2) is 4.76. The molecule has 0 bridgehead atoms. The standard InChI is InChI=1S/C16H11N3O2/c1-19(11-4-2-3-10(7-11)9-17)12-5-6-13-14(8-12)18-16(21)15(13)20/h2-8H,1H3,(H,18,20,21). The van der Waals surface area contributed by atoms with Crippen LogP contribution in [0.3, 0.4) is 0 Å². The van der Waals surface area contributed by atoms with Crippen LogP contribution in [-0.2, 0) is 4.79 Å². The Kier molecular flexibility index (Phi) is 2.92. The first-order chi connectivity index (χ1) is 10.1. The fraction of sp³-hybridized carbons (Fsp3) is 0.0625. The van der Waals surface area contributed by atoms with Crippen molar-refractivity contribution < 1.29 is 9.59 Å². The van der Waals surface area contributed by atoms with Crippen molar-refractivity contribution in [2.45, 2.75) is 0 Å². The molecule has 1 aliphatic rings. The van der Waals surface area contributed by atoms with Gasteiger partial charge in [0.25, 0.3) is 11.7 Å². The highest BCUT2D eigenvalue weighted by Gasteiger charge is 2.28. The van der Waals surface area contributed by atoms with Gasteiger partial charge in [-0.15, -0.1) is 0 Å². The first-order valence-electron chi connectivity index (χ1n) is 6.34. The molecule has 0 fully saturated rings.